The fourth-order valence-corrected chi connectivity index (χ4v) is 0.685. The lowest BCUT2D eigenvalue weighted by Crippen LogP contribution is -2.24. The Hall–Kier alpha value is -0.120. The maximum Gasteiger partial charge on any atom is 0.106 e. The van der Waals surface area contributed by atoms with Gasteiger partial charge in [0.2, 0.25) is 0 Å². The summed E-state index contributed by atoms with van der Waals surface area (Å²) in [5.74, 6) is 0. The Labute approximate surface area is 49.3 Å². The predicted molar refractivity (Wildman–Crippen MR) is 27.4 cm³/mol. The first kappa shape index (κ1) is 4.73. The van der Waals surface area contributed by atoms with Crippen LogP contribution in [0.5, 0.6) is 0 Å². The second kappa shape index (κ2) is 2.44. The van der Waals surface area contributed by atoms with E-state index < -0.39 is 18.8 Å². The van der Waals surface area contributed by atoms with E-state index in [4.69, 9.17) is 16.3 Å². The van der Waals surface area contributed by atoms with Gasteiger partial charge in [-0.2, -0.15) is 0 Å². The van der Waals surface area contributed by atoms with Crippen LogP contribution in [0, 0.1) is 0 Å². The highest BCUT2D eigenvalue weighted by atomic mass is 16.5. The molecule has 1 saturated heterocycles. The second-order valence-electron chi connectivity index (χ2n) is 1.83. The Morgan fingerprint density at radius 2 is 2.62 bits per heavy atom. The first-order valence-corrected chi connectivity index (χ1v) is 2.60. The molecule has 1 heterocycles. The number of rotatable bonds is 1. The van der Waals surface area contributed by atoms with Crippen LogP contribution in [0.25, 0.3) is 0 Å². The number of hydrogen-bond donors (Lipinski definition) is 2. The number of aliphatic hydroxyl groups is 2. The van der Waals surface area contributed by atoms with Gasteiger partial charge in [-0.15, -0.1) is 0 Å². The van der Waals surface area contributed by atoms with Crippen LogP contribution in [0.2, 0.25) is 0 Å². The summed E-state index contributed by atoms with van der Waals surface area (Å²) in [7, 11) is 0. The second-order valence-corrected chi connectivity index (χ2v) is 1.83. The van der Waals surface area contributed by atoms with E-state index in [0.717, 1.165) is 0 Å². The summed E-state index contributed by atoms with van der Waals surface area (Å²) in [4.78, 5) is 0. The fraction of sp³-hybridized carbons (Fsp3) is 1.00. The zero-order valence-corrected chi connectivity index (χ0v) is 4.45. The average Bonchev–Trinajstić information content (AvgIpc) is 2.10. The van der Waals surface area contributed by atoms with Gasteiger partial charge in [0.05, 0.1) is 14.1 Å². The lowest BCUT2D eigenvalue weighted by molar-refractivity contribution is 0.00406. The molecule has 0 amide bonds. The van der Waals surface area contributed by atoms with Gasteiger partial charge in [-0.3, -0.25) is 0 Å². The van der Waals surface area contributed by atoms with Crippen LogP contribution in [0.1, 0.15) is 7.79 Å². The average molecular weight is 120 g/mol. The van der Waals surface area contributed by atoms with Crippen molar-refractivity contribution in [2.75, 3.05) is 13.2 Å². The molecule has 0 radical (unpaired) electrons. The summed E-state index contributed by atoms with van der Waals surface area (Å²) in [6, 6.07) is 0. The van der Waals surface area contributed by atoms with E-state index in [1.54, 1.807) is 0 Å². The van der Waals surface area contributed by atoms with Crippen LogP contribution in [-0.2, 0) is 4.74 Å². The van der Waals surface area contributed by atoms with Crippen molar-refractivity contribution in [3.05, 3.63) is 0 Å². The van der Waals surface area contributed by atoms with Crippen LogP contribution in [0.4, 0.5) is 0 Å². The Kier molecular flexibility index (Phi) is 1.44. The van der Waals surface area contributed by atoms with Crippen molar-refractivity contribution >= 4 is 0 Å². The van der Waals surface area contributed by atoms with Crippen molar-refractivity contribution in [3.8, 4) is 0 Å². The molecule has 0 aromatic carbocycles. The molecule has 0 aliphatic carbocycles. The highest BCUT2D eigenvalue weighted by molar-refractivity contribution is 4.73. The minimum absolute atomic E-state index is 0.198. The zero-order chi connectivity index (χ0) is 6.85. The van der Waals surface area contributed by atoms with Gasteiger partial charge in [-0.25, -0.2) is 0 Å². The number of hydrogen-bond acceptors (Lipinski definition) is 3. The SMILES string of the molecule is [3H]C1CC(O)[C@H](CO)O1. The van der Waals surface area contributed by atoms with E-state index in [0.29, 0.717) is 6.42 Å². The maximum absolute atomic E-state index is 8.95. The molecule has 2 N–H and O–H groups in total. The summed E-state index contributed by atoms with van der Waals surface area (Å²) in [5.41, 5.74) is 0. The molecule has 48 valence electrons. The summed E-state index contributed by atoms with van der Waals surface area (Å²) >= 11 is 0. The molecular formula is C5H10O3. The minimum atomic E-state index is -0.655. The molecule has 0 bridgehead atoms. The smallest absolute Gasteiger partial charge is 0.106 e. The van der Waals surface area contributed by atoms with Crippen LogP contribution in [-0.4, -0.2) is 35.6 Å². The molecule has 1 fully saturated rings. The van der Waals surface area contributed by atoms with E-state index in [1.807, 2.05) is 0 Å². The number of aliphatic hydroxyl groups excluding tert-OH is 2. The normalized spacial score (nSPS) is 49.2. The van der Waals surface area contributed by atoms with Gasteiger partial charge in [-0.05, 0) is 6.42 Å². The fourth-order valence-electron chi connectivity index (χ4n) is 0.685. The van der Waals surface area contributed by atoms with Crippen LogP contribution in [0.3, 0.4) is 0 Å². The third-order valence-corrected chi connectivity index (χ3v) is 1.22. The van der Waals surface area contributed by atoms with E-state index in [9.17, 15) is 0 Å². The van der Waals surface area contributed by atoms with Gasteiger partial charge in [-0.1, -0.05) is 0 Å². The molecule has 2 unspecified atom stereocenters. The minimum Gasteiger partial charge on any atom is -0.394 e. The van der Waals surface area contributed by atoms with Crippen LogP contribution < -0.4 is 0 Å². The molecule has 8 heavy (non-hydrogen) atoms. The summed E-state index contributed by atoms with van der Waals surface area (Å²) in [6.45, 7) is -0.853. The first-order valence-electron chi connectivity index (χ1n) is 3.18. The Balaban J connectivity index is 2.38. The van der Waals surface area contributed by atoms with Crippen molar-refractivity contribution < 1.29 is 16.3 Å². The topological polar surface area (TPSA) is 49.7 Å². The highest BCUT2D eigenvalue weighted by Gasteiger charge is 2.24. The van der Waals surface area contributed by atoms with E-state index in [1.165, 1.54) is 0 Å². The quantitative estimate of drug-likeness (QED) is 0.473. The van der Waals surface area contributed by atoms with Crippen molar-refractivity contribution in [1.29, 1.82) is 0 Å². The first-order chi connectivity index (χ1) is 4.24. The van der Waals surface area contributed by atoms with E-state index in [2.05, 4.69) is 0 Å². The maximum atomic E-state index is 8.95. The predicted octanol–water partition coefficient (Wildman–Crippen LogP) is -0.871. The van der Waals surface area contributed by atoms with E-state index >= 15 is 0 Å². The highest BCUT2D eigenvalue weighted by Crippen LogP contribution is 2.11. The molecule has 3 nitrogen and oxygen atoms in total. The standard InChI is InChI=1S/C5H10O3/c6-3-5-4(7)1-2-8-5/h4-7H,1-3H2/t4?,5-/m0/s1/i2T/t2?,4?,5-. The molecule has 1 aliphatic rings. The molecule has 1 rings (SSSR count). The van der Waals surface area contributed by atoms with Gasteiger partial charge in [0.25, 0.3) is 0 Å². The van der Waals surface area contributed by atoms with Crippen molar-refractivity contribution in [3.63, 3.8) is 0 Å². The lowest BCUT2D eigenvalue weighted by atomic mass is 10.2. The van der Waals surface area contributed by atoms with Gasteiger partial charge >= 0.3 is 0 Å². The van der Waals surface area contributed by atoms with Crippen molar-refractivity contribution in [2.45, 2.75) is 18.6 Å². The van der Waals surface area contributed by atoms with Gasteiger partial charge in [0, 0.05) is 6.58 Å². The molecule has 3 atom stereocenters. The Morgan fingerprint density at radius 3 is 2.88 bits per heavy atom. The molecule has 0 saturated carbocycles. The van der Waals surface area contributed by atoms with Gasteiger partial charge < -0.3 is 14.9 Å². The lowest BCUT2D eigenvalue weighted by Gasteiger charge is -2.07. The summed E-state index contributed by atoms with van der Waals surface area (Å²) in [6.07, 6.45) is -0.879. The van der Waals surface area contributed by atoms with Gasteiger partial charge in [0.1, 0.15) is 6.10 Å². The molecule has 0 aromatic rings. The Bertz CT molecular complexity index is 98.2. The zero-order valence-electron chi connectivity index (χ0n) is 5.45. The monoisotopic (exact) mass is 120 g/mol. The van der Waals surface area contributed by atoms with Crippen molar-refractivity contribution in [2.24, 2.45) is 0 Å². The van der Waals surface area contributed by atoms with E-state index in [-0.39, 0.29) is 6.61 Å². The third kappa shape index (κ3) is 0.992. The molecular weight excluding hydrogens is 108 g/mol. The molecule has 1 aliphatic heterocycles. The molecule has 0 aromatic heterocycles. The summed E-state index contributed by atoms with van der Waals surface area (Å²) in [5, 5.41) is 17.4. The Morgan fingerprint density at radius 1 is 1.88 bits per heavy atom. The molecule has 3 heteroatoms. The van der Waals surface area contributed by atoms with Crippen LogP contribution >= 0.6 is 0 Å². The largest absolute Gasteiger partial charge is 0.394 e. The van der Waals surface area contributed by atoms with Crippen LogP contribution in [0.15, 0.2) is 0 Å². The summed E-state index contributed by atoms with van der Waals surface area (Å²) < 4.78 is 11.8. The van der Waals surface area contributed by atoms with Gasteiger partial charge in [0.15, 0.2) is 0 Å². The molecule has 0 spiro atoms. The number of ether oxygens (including phenoxy) is 1. The third-order valence-electron chi connectivity index (χ3n) is 1.22. The van der Waals surface area contributed by atoms with Crippen molar-refractivity contribution in [1.82, 2.24) is 0 Å².